The van der Waals surface area contributed by atoms with E-state index in [2.05, 4.69) is 24.5 Å². The summed E-state index contributed by atoms with van der Waals surface area (Å²) in [5.74, 6) is -0.122. The molecule has 0 aliphatic carbocycles. The Labute approximate surface area is 174 Å². The van der Waals surface area contributed by atoms with Gasteiger partial charge in [-0.2, -0.15) is 0 Å². The molecule has 2 aromatic rings. The van der Waals surface area contributed by atoms with Crippen LogP contribution in [0.3, 0.4) is 0 Å². The number of quaternary nitrogens is 1. The first-order valence-electron chi connectivity index (χ1n) is 10.0. The number of furan rings is 1. The van der Waals surface area contributed by atoms with Crippen LogP contribution >= 0.6 is 0 Å². The van der Waals surface area contributed by atoms with Crippen molar-refractivity contribution in [1.29, 1.82) is 0 Å². The number of carbonyl (C=O) groups is 2. The lowest BCUT2D eigenvalue weighted by Crippen LogP contribution is -2.87. The van der Waals surface area contributed by atoms with Crippen molar-refractivity contribution in [2.24, 2.45) is 5.92 Å². The van der Waals surface area contributed by atoms with Crippen molar-refractivity contribution >= 4 is 12.0 Å². The number of benzene rings is 1. The number of nitrogens with one attached hydrogen (secondary N) is 2. The number of esters is 1. The van der Waals surface area contributed by atoms with Crippen molar-refractivity contribution in [3.8, 4) is 0 Å². The molecule has 2 amide bonds. The molecule has 1 aliphatic rings. The molecule has 0 unspecified atom stereocenters. The van der Waals surface area contributed by atoms with Crippen molar-refractivity contribution in [3.05, 3.63) is 71.1 Å². The third kappa shape index (κ3) is 4.88. The zero-order valence-electron chi connectivity index (χ0n) is 17.3. The molecule has 7 nitrogen and oxygen atoms in total. The monoisotopic (exact) mass is 416 g/mol. The maximum atomic E-state index is 13.3. The first-order chi connectivity index (χ1) is 14.4. The normalized spacial score (nSPS) is 17.5. The predicted octanol–water partition coefficient (Wildman–Crippen LogP) is 2.55. The highest BCUT2D eigenvalue weighted by molar-refractivity contribution is 5.95. The zero-order valence-corrected chi connectivity index (χ0v) is 17.3. The van der Waals surface area contributed by atoms with Gasteiger partial charge in [-0.25, -0.2) is 14.0 Å². The molecule has 2 heterocycles. The van der Waals surface area contributed by atoms with Crippen molar-refractivity contribution in [3.63, 3.8) is 0 Å². The Balaban J connectivity index is 1.92. The van der Waals surface area contributed by atoms with Crippen LogP contribution in [0.2, 0.25) is 0 Å². The van der Waals surface area contributed by atoms with Crippen LogP contribution in [0.25, 0.3) is 0 Å². The summed E-state index contributed by atoms with van der Waals surface area (Å²) >= 11 is 0. The van der Waals surface area contributed by atoms with Gasteiger partial charge in [-0.05, 0) is 31.2 Å². The average Bonchev–Trinajstić information content (AvgIpc) is 3.23. The summed E-state index contributed by atoms with van der Waals surface area (Å²) in [6, 6.07) is 8.62. The van der Waals surface area contributed by atoms with Gasteiger partial charge < -0.3 is 25.1 Å². The van der Waals surface area contributed by atoms with Crippen LogP contribution in [0.5, 0.6) is 0 Å². The van der Waals surface area contributed by atoms with Gasteiger partial charge in [0.15, 0.2) is 0 Å². The molecule has 2 atom stereocenters. The number of hydrogen-bond donors (Lipinski definition) is 3. The van der Waals surface area contributed by atoms with Crippen LogP contribution in [0.15, 0.2) is 58.3 Å². The predicted molar refractivity (Wildman–Crippen MR) is 108 cm³/mol. The van der Waals surface area contributed by atoms with Gasteiger partial charge in [-0.15, -0.1) is 0 Å². The number of amides is 2. The number of nitrogens with two attached hydrogens (primary N) is 1. The van der Waals surface area contributed by atoms with Gasteiger partial charge in [-0.3, -0.25) is 0 Å². The van der Waals surface area contributed by atoms with Gasteiger partial charge in [0.25, 0.3) is 0 Å². The minimum absolute atomic E-state index is 0.00963. The van der Waals surface area contributed by atoms with Crippen LogP contribution in [-0.4, -0.2) is 25.2 Å². The summed E-state index contributed by atoms with van der Waals surface area (Å²) in [6.07, 6.45) is 1.49. The molecule has 0 saturated heterocycles. The average molecular weight is 416 g/mol. The summed E-state index contributed by atoms with van der Waals surface area (Å²) in [5, 5.41) is 7.50. The minimum Gasteiger partial charge on any atom is -0.467 e. The third-order valence-electron chi connectivity index (χ3n) is 5.03. The largest absolute Gasteiger partial charge is 0.467 e. The maximum absolute atomic E-state index is 13.3. The summed E-state index contributed by atoms with van der Waals surface area (Å²) in [7, 11) is 0. The van der Waals surface area contributed by atoms with E-state index in [0.29, 0.717) is 23.6 Å². The summed E-state index contributed by atoms with van der Waals surface area (Å²) in [4.78, 5) is 25.0. The molecule has 30 heavy (non-hydrogen) atoms. The summed E-state index contributed by atoms with van der Waals surface area (Å²) in [6.45, 7) is 6.40. The highest BCUT2D eigenvalue weighted by atomic mass is 19.1. The Hall–Kier alpha value is -3.13. The van der Waals surface area contributed by atoms with Crippen molar-refractivity contribution in [1.82, 2.24) is 10.6 Å². The molecule has 4 N–H and O–H groups in total. The first kappa shape index (κ1) is 21.6. The molecule has 0 fully saturated rings. The zero-order chi connectivity index (χ0) is 21.7. The third-order valence-corrected chi connectivity index (χ3v) is 5.03. The van der Waals surface area contributed by atoms with E-state index in [1.165, 1.54) is 18.4 Å². The molecule has 0 saturated carbocycles. The van der Waals surface area contributed by atoms with E-state index in [-0.39, 0.29) is 24.4 Å². The van der Waals surface area contributed by atoms with Crippen molar-refractivity contribution in [2.75, 3.05) is 13.2 Å². The molecule has 0 bridgehead atoms. The highest BCUT2D eigenvalue weighted by Gasteiger charge is 2.36. The van der Waals surface area contributed by atoms with E-state index in [0.717, 1.165) is 5.56 Å². The molecule has 1 aliphatic heterocycles. The Bertz CT molecular complexity index is 907. The van der Waals surface area contributed by atoms with Gasteiger partial charge >= 0.3 is 12.0 Å². The van der Waals surface area contributed by atoms with E-state index < -0.39 is 18.0 Å². The number of carbonyl (C=O) groups excluding carboxylic acids is 2. The maximum Gasteiger partial charge on any atom is 0.338 e. The molecule has 0 spiro atoms. The van der Waals surface area contributed by atoms with Crippen LogP contribution in [0.1, 0.15) is 44.2 Å². The fraction of sp³-hybridized carbons (Fsp3) is 0.364. The van der Waals surface area contributed by atoms with E-state index >= 15 is 0 Å². The van der Waals surface area contributed by atoms with Gasteiger partial charge in [0, 0.05) is 11.5 Å². The lowest BCUT2D eigenvalue weighted by Gasteiger charge is -2.28. The Morgan fingerprint density at radius 2 is 2.00 bits per heavy atom. The second kappa shape index (κ2) is 9.58. The van der Waals surface area contributed by atoms with Crippen LogP contribution in [0, 0.1) is 11.7 Å². The Kier molecular flexibility index (Phi) is 6.89. The molecule has 1 aromatic carbocycles. The minimum atomic E-state index is -0.737. The second-order valence-corrected chi connectivity index (χ2v) is 7.42. The van der Waals surface area contributed by atoms with Crippen molar-refractivity contribution in [2.45, 2.75) is 32.9 Å². The highest BCUT2D eigenvalue weighted by Crippen LogP contribution is 2.28. The lowest BCUT2D eigenvalue weighted by molar-refractivity contribution is -0.696. The number of halogens is 1. The molecule has 3 rings (SSSR count). The van der Waals surface area contributed by atoms with E-state index in [4.69, 9.17) is 9.15 Å². The SMILES string of the molecule is CCOC(=O)C1=C(C[NH2+][C@H](c2ccc(F)cc2)C(C)C)NC(=O)N[C@H]1c1ccco1. The molecule has 8 heteroatoms. The van der Waals surface area contributed by atoms with Gasteiger partial charge in [0.05, 0.1) is 24.1 Å². The Morgan fingerprint density at radius 1 is 1.27 bits per heavy atom. The molecular formula is C22H27FN3O4+. The first-order valence-corrected chi connectivity index (χ1v) is 10.0. The number of hydrogen-bond acceptors (Lipinski definition) is 4. The number of ether oxygens (including phenoxy) is 1. The van der Waals surface area contributed by atoms with E-state index in [9.17, 15) is 14.0 Å². The van der Waals surface area contributed by atoms with E-state index in [1.807, 2.05) is 5.32 Å². The van der Waals surface area contributed by atoms with Crippen LogP contribution in [0.4, 0.5) is 9.18 Å². The standard InChI is InChI=1S/C22H26FN3O4/c1-4-29-21(27)18-16(25-22(28)26-20(18)17-6-5-11-30-17)12-24-19(13(2)3)14-7-9-15(23)10-8-14/h5-11,13,19-20,24H,4,12H2,1-3H3,(H2,25,26,28)/p+1/t19-,20-/m0/s1. The van der Waals surface area contributed by atoms with Gasteiger partial charge in [-0.1, -0.05) is 26.0 Å². The molecule has 160 valence electrons. The number of urea groups is 1. The second-order valence-electron chi connectivity index (χ2n) is 7.42. The quantitative estimate of drug-likeness (QED) is 0.576. The fourth-order valence-electron chi connectivity index (χ4n) is 3.62. The molecular weight excluding hydrogens is 389 g/mol. The van der Waals surface area contributed by atoms with Crippen molar-refractivity contribution < 1.29 is 28.5 Å². The molecule has 0 radical (unpaired) electrons. The topological polar surface area (TPSA) is 97.2 Å². The lowest BCUT2D eigenvalue weighted by atomic mass is 9.95. The summed E-state index contributed by atoms with van der Waals surface area (Å²) < 4.78 is 24.0. The molecule has 1 aromatic heterocycles. The summed E-state index contributed by atoms with van der Waals surface area (Å²) in [5.41, 5.74) is 1.74. The van der Waals surface area contributed by atoms with Gasteiger partial charge in [0.1, 0.15) is 30.2 Å². The van der Waals surface area contributed by atoms with Crippen LogP contribution < -0.4 is 16.0 Å². The Morgan fingerprint density at radius 3 is 2.60 bits per heavy atom. The fourth-order valence-corrected chi connectivity index (χ4v) is 3.62. The van der Waals surface area contributed by atoms with E-state index in [1.54, 1.807) is 31.2 Å². The van der Waals surface area contributed by atoms with Gasteiger partial charge in [0.2, 0.25) is 0 Å². The van der Waals surface area contributed by atoms with Crippen LogP contribution in [-0.2, 0) is 9.53 Å². The smallest absolute Gasteiger partial charge is 0.338 e. The number of rotatable bonds is 8.